The van der Waals surface area contributed by atoms with Crippen LogP contribution in [0.15, 0.2) is 182 Å². The van der Waals surface area contributed by atoms with Gasteiger partial charge in [0.15, 0.2) is 0 Å². The number of aromatic nitrogens is 2. The molecule has 3 heteroatoms. The Bertz CT molecular complexity index is 2810. The molecule has 0 radical (unpaired) electrons. The first-order valence-electron chi connectivity index (χ1n) is 17.0. The van der Waals surface area contributed by atoms with Crippen molar-refractivity contribution in [3.05, 3.63) is 182 Å². The first-order valence-corrected chi connectivity index (χ1v) is 17.8. The summed E-state index contributed by atoms with van der Waals surface area (Å²) in [6.07, 6.45) is 0. The molecule has 0 unspecified atom stereocenters. The minimum Gasteiger partial charge on any atom is -0.309 e. The van der Waals surface area contributed by atoms with Crippen LogP contribution in [-0.4, -0.2) is 9.55 Å². The average molecular weight is 655 g/mol. The van der Waals surface area contributed by atoms with Crippen LogP contribution in [0, 0.1) is 0 Å². The van der Waals surface area contributed by atoms with Crippen molar-refractivity contribution < 1.29 is 0 Å². The van der Waals surface area contributed by atoms with Gasteiger partial charge >= 0.3 is 0 Å². The number of para-hydroxylation sites is 1. The largest absolute Gasteiger partial charge is 0.309 e. The molecule has 0 atom stereocenters. The van der Waals surface area contributed by atoms with Crippen LogP contribution in [0.1, 0.15) is 0 Å². The molecule has 0 bridgehead atoms. The van der Waals surface area contributed by atoms with Crippen LogP contribution in [0.25, 0.3) is 92.4 Å². The van der Waals surface area contributed by atoms with Crippen LogP contribution in [0.4, 0.5) is 0 Å². The Morgan fingerprint density at radius 2 is 1.10 bits per heavy atom. The molecule has 10 rings (SSSR count). The maximum atomic E-state index is 4.87. The van der Waals surface area contributed by atoms with Crippen LogP contribution >= 0.6 is 11.3 Å². The Labute approximate surface area is 294 Å². The van der Waals surface area contributed by atoms with Crippen LogP contribution in [0.2, 0.25) is 0 Å². The normalized spacial score (nSPS) is 11.6. The lowest BCUT2D eigenvalue weighted by atomic mass is 9.94. The summed E-state index contributed by atoms with van der Waals surface area (Å²) in [5.74, 6) is 0. The first kappa shape index (κ1) is 28.7. The van der Waals surface area contributed by atoms with E-state index in [2.05, 4.69) is 180 Å². The summed E-state index contributed by atoms with van der Waals surface area (Å²) in [7, 11) is 0. The molecule has 10 aromatic rings. The van der Waals surface area contributed by atoms with Gasteiger partial charge in [-0.2, -0.15) is 0 Å². The standard InChI is InChI=1S/C47H30N2S/c1-3-12-33(13-4-1)44-45-40-27-24-37(32-19-21-35(22-20-32)47-48-41-17-9-10-18-43(41)50-47)29-38(40)25-28-42(45)49(46(44)34-14-5-2-6-15-34)39-26-23-31-11-7-8-16-36(31)30-39/h1-30H. The summed E-state index contributed by atoms with van der Waals surface area (Å²) in [5.41, 5.74) is 11.8. The summed E-state index contributed by atoms with van der Waals surface area (Å²) in [5, 5.41) is 7.25. The Kier molecular flexibility index (Phi) is 6.71. The van der Waals surface area contributed by atoms with Crippen molar-refractivity contribution in [1.82, 2.24) is 9.55 Å². The van der Waals surface area contributed by atoms with E-state index < -0.39 is 0 Å². The second kappa shape index (κ2) is 11.7. The Balaban J connectivity index is 1.18. The van der Waals surface area contributed by atoms with Crippen LogP contribution in [-0.2, 0) is 0 Å². The lowest BCUT2D eigenvalue weighted by Gasteiger charge is -2.14. The van der Waals surface area contributed by atoms with E-state index in [0.717, 1.165) is 21.8 Å². The zero-order valence-electron chi connectivity index (χ0n) is 27.1. The molecular weight excluding hydrogens is 625 g/mol. The van der Waals surface area contributed by atoms with Crippen molar-refractivity contribution in [2.75, 3.05) is 0 Å². The molecule has 234 valence electrons. The van der Waals surface area contributed by atoms with Gasteiger partial charge in [-0.25, -0.2) is 4.98 Å². The summed E-state index contributed by atoms with van der Waals surface area (Å²) in [4.78, 5) is 4.87. The van der Waals surface area contributed by atoms with Gasteiger partial charge in [-0.3, -0.25) is 0 Å². The molecule has 0 aliphatic carbocycles. The fraction of sp³-hybridized carbons (Fsp3) is 0. The van der Waals surface area contributed by atoms with E-state index >= 15 is 0 Å². The molecule has 0 aliphatic heterocycles. The van der Waals surface area contributed by atoms with E-state index in [1.807, 2.05) is 6.07 Å². The van der Waals surface area contributed by atoms with E-state index in [1.54, 1.807) is 11.3 Å². The zero-order valence-corrected chi connectivity index (χ0v) is 27.9. The fourth-order valence-corrected chi connectivity index (χ4v) is 8.41. The summed E-state index contributed by atoms with van der Waals surface area (Å²) in [6, 6.07) is 65.8. The quantitative estimate of drug-likeness (QED) is 0.181. The first-order chi connectivity index (χ1) is 24.8. The number of nitrogens with zero attached hydrogens (tertiary/aromatic N) is 2. The monoisotopic (exact) mass is 654 g/mol. The van der Waals surface area contributed by atoms with Crippen LogP contribution < -0.4 is 0 Å². The van der Waals surface area contributed by atoms with Gasteiger partial charge in [-0.1, -0.05) is 146 Å². The Hall–Kier alpha value is -6.29. The highest BCUT2D eigenvalue weighted by molar-refractivity contribution is 7.21. The highest BCUT2D eigenvalue weighted by atomic mass is 32.1. The average Bonchev–Trinajstić information content (AvgIpc) is 3.78. The topological polar surface area (TPSA) is 17.8 Å². The third-order valence-electron chi connectivity index (χ3n) is 9.81. The summed E-state index contributed by atoms with van der Waals surface area (Å²) >= 11 is 1.74. The van der Waals surface area contributed by atoms with E-state index in [4.69, 9.17) is 4.98 Å². The van der Waals surface area contributed by atoms with Gasteiger partial charge in [0.25, 0.3) is 0 Å². The Morgan fingerprint density at radius 3 is 1.90 bits per heavy atom. The van der Waals surface area contributed by atoms with Gasteiger partial charge in [0.1, 0.15) is 5.01 Å². The fourth-order valence-electron chi connectivity index (χ4n) is 7.44. The minimum absolute atomic E-state index is 1.05. The lowest BCUT2D eigenvalue weighted by Crippen LogP contribution is -1.97. The zero-order chi connectivity index (χ0) is 33.0. The summed E-state index contributed by atoms with van der Waals surface area (Å²) < 4.78 is 3.68. The molecule has 0 amide bonds. The van der Waals surface area contributed by atoms with E-state index in [-0.39, 0.29) is 0 Å². The molecule has 0 saturated heterocycles. The van der Waals surface area contributed by atoms with Crippen molar-refractivity contribution in [2.45, 2.75) is 0 Å². The Morgan fingerprint density at radius 1 is 0.440 bits per heavy atom. The van der Waals surface area contributed by atoms with Crippen molar-refractivity contribution in [3.8, 4) is 49.8 Å². The van der Waals surface area contributed by atoms with Crippen molar-refractivity contribution >= 4 is 54.0 Å². The smallest absolute Gasteiger partial charge is 0.124 e. The molecular formula is C47H30N2S. The van der Waals surface area contributed by atoms with Crippen molar-refractivity contribution in [3.63, 3.8) is 0 Å². The maximum Gasteiger partial charge on any atom is 0.124 e. The molecule has 2 nitrogen and oxygen atoms in total. The molecule has 50 heavy (non-hydrogen) atoms. The molecule has 0 spiro atoms. The predicted molar refractivity (Wildman–Crippen MR) is 213 cm³/mol. The molecule has 0 saturated carbocycles. The van der Waals surface area contributed by atoms with Gasteiger partial charge in [-0.15, -0.1) is 11.3 Å². The van der Waals surface area contributed by atoms with E-state index in [9.17, 15) is 0 Å². The highest BCUT2D eigenvalue weighted by Crippen LogP contribution is 2.46. The molecule has 2 heterocycles. The van der Waals surface area contributed by atoms with Crippen molar-refractivity contribution in [2.24, 2.45) is 0 Å². The van der Waals surface area contributed by atoms with E-state index in [0.29, 0.717) is 0 Å². The number of hydrogen-bond acceptors (Lipinski definition) is 2. The lowest BCUT2D eigenvalue weighted by molar-refractivity contribution is 1.14. The molecule has 0 N–H and O–H groups in total. The molecule has 8 aromatic carbocycles. The van der Waals surface area contributed by atoms with Gasteiger partial charge < -0.3 is 4.57 Å². The number of fused-ring (bicyclic) bond motifs is 5. The molecule has 0 fully saturated rings. The molecule has 0 aliphatic rings. The third kappa shape index (κ3) is 4.74. The minimum atomic E-state index is 1.05. The molecule has 2 aromatic heterocycles. The SMILES string of the molecule is c1ccc(-c2c(-c3ccccc3)n(-c3ccc4ccccc4c3)c3ccc4cc(-c5ccc(-c6nc7ccccc7s6)cc5)ccc4c23)cc1. The third-order valence-corrected chi connectivity index (χ3v) is 10.9. The van der Waals surface area contributed by atoms with Gasteiger partial charge in [0.05, 0.1) is 21.4 Å². The van der Waals surface area contributed by atoms with Crippen LogP contribution in [0.3, 0.4) is 0 Å². The van der Waals surface area contributed by atoms with Gasteiger partial charge in [0.2, 0.25) is 0 Å². The van der Waals surface area contributed by atoms with Gasteiger partial charge in [-0.05, 0) is 80.2 Å². The highest BCUT2D eigenvalue weighted by Gasteiger charge is 2.23. The second-order valence-corrected chi connectivity index (χ2v) is 13.8. The number of rotatable bonds is 5. The van der Waals surface area contributed by atoms with Crippen molar-refractivity contribution in [1.29, 1.82) is 0 Å². The second-order valence-electron chi connectivity index (χ2n) is 12.8. The number of benzene rings is 8. The van der Waals surface area contributed by atoms with Crippen LogP contribution in [0.5, 0.6) is 0 Å². The van der Waals surface area contributed by atoms with Gasteiger partial charge in [0, 0.05) is 22.2 Å². The maximum absolute atomic E-state index is 4.87. The predicted octanol–water partition coefficient (Wildman–Crippen LogP) is 13.2. The number of hydrogen-bond donors (Lipinski definition) is 0. The van der Waals surface area contributed by atoms with E-state index in [1.165, 1.54) is 70.7 Å². The summed E-state index contributed by atoms with van der Waals surface area (Å²) in [6.45, 7) is 0. The number of thiazole rings is 1.